The molecular formula is C30H33ClFN5O5. The van der Waals surface area contributed by atoms with Gasteiger partial charge < -0.3 is 19.9 Å². The van der Waals surface area contributed by atoms with Gasteiger partial charge in [-0.1, -0.05) is 30.7 Å². The smallest absolute Gasteiger partial charge is 0.331 e. The maximum absolute atomic E-state index is 14.2. The second kappa shape index (κ2) is 12.4. The number of ether oxygens (including phenoxy) is 1. The first kappa shape index (κ1) is 29.4. The predicted octanol–water partition coefficient (Wildman–Crippen LogP) is 3.97. The third kappa shape index (κ3) is 5.78. The normalized spacial score (nSPS) is 15.7. The number of carbonyl (C=O) groups excluding carboxylic acids is 2. The summed E-state index contributed by atoms with van der Waals surface area (Å²) in [4.78, 5) is 56.2. The lowest BCUT2D eigenvalue weighted by molar-refractivity contribution is -0.133. The highest BCUT2D eigenvalue weighted by atomic mass is 35.5. The van der Waals surface area contributed by atoms with Crippen LogP contribution in [0, 0.1) is 5.82 Å². The number of carbonyl (C=O) groups is 2. The number of hydrogen-bond donors (Lipinski definition) is 1. The Hall–Kier alpha value is -4.12. The second-order valence-electron chi connectivity index (χ2n) is 10.5. The molecule has 0 atom stereocenters. The summed E-state index contributed by atoms with van der Waals surface area (Å²) in [5.74, 6) is -0.235. The molecule has 222 valence electrons. The molecule has 2 aromatic carbocycles. The second-order valence-corrected chi connectivity index (χ2v) is 10.9. The van der Waals surface area contributed by atoms with Gasteiger partial charge in [-0.25, -0.2) is 14.0 Å². The zero-order chi connectivity index (χ0) is 30.0. The number of methoxy groups -OCH3 is 1. The van der Waals surface area contributed by atoms with Crippen LogP contribution in [0.15, 0.2) is 52.2 Å². The third-order valence-corrected chi connectivity index (χ3v) is 8.31. The fraction of sp³-hybridized carbons (Fsp3) is 0.400. The molecule has 12 heteroatoms. The van der Waals surface area contributed by atoms with Crippen LogP contribution in [0.3, 0.4) is 0 Å². The van der Waals surface area contributed by atoms with Crippen LogP contribution in [-0.4, -0.2) is 63.7 Å². The monoisotopic (exact) mass is 597 g/mol. The molecule has 1 aromatic heterocycles. The van der Waals surface area contributed by atoms with Crippen LogP contribution in [0.1, 0.15) is 31.7 Å². The number of rotatable bonds is 7. The number of likely N-dealkylation sites (tertiary alicyclic amines) is 1. The van der Waals surface area contributed by atoms with Crippen LogP contribution in [0.4, 0.5) is 14.9 Å². The molecule has 0 aliphatic carbocycles. The molecule has 1 saturated heterocycles. The van der Waals surface area contributed by atoms with Crippen molar-refractivity contribution in [1.82, 2.24) is 18.9 Å². The van der Waals surface area contributed by atoms with E-state index in [-0.39, 0.29) is 47.2 Å². The summed E-state index contributed by atoms with van der Waals surface area (Å²) in [5.41, 5.74) is 0.778. The van der Waals surface area contributed by atoms with Gasteiger partial charge in [-0.2, -0.15) is 0 Å². The molecule has 3 heterocycles. The van der Waals surface area contributed by atoms with Crippen molar-refractivity contribution in [2.75, 3.05) is 32.1 Å². The van der Waals surface area contributed by atoms with E-state index in [0.29, 0.717) is 45.3 Å². The van der Waals surface area contributed by atoms with Crippen molar-refractivity contribution in [3.05, 3.63) is 79.8 Å². The molecule has 0 spiro atoms. The zero-order valence-electron chi connectivity index (χ0n) is 23.6. The molecule has 1 fully saturated rings. The summed E-state index contributed by atoms with van der Waals surface area (Å²) >= 11 is 6.16. The van der Waals surface area contributed by atoms with Crippen LogP contribution in [0.25, 0.3) is 11.1 Å². The zero-order valence-corrected chi connectivity index (χ0v) is 24.3. The summed E-state index contributed by atoms with van der Waals surface area (Å²) in [6, 6.07) is 9.51. The maximum atomic E-state index is 14.2. The van der Waals surface area contributed by atoms with Crippen molar-refractivity contribution >= 4 is 29.2 Å². The van der Waals surface area contributed by atoms with Gasteiger partial charge in [0.1, 0.15) is 18.1 Å². The Kier molecular flexibility index (Phi) is 8.67. The van der Waals surface area contributed by atoms with Gasteiger partial charge in [0.15, 0.2) is 0 Å². The molecule has 1 N–H and O–H groups in total. The minimum absolute atomic E-state index is 0.0406. The van der Waals surface area contributed by atoms with E-state index in [1.807, 2.05) is 30.0 Å². The molecule has 3 aromatic rings. The van der Waals surface area contributed by atoms with E-state index >= 15 is 0 Å². The topological polar surface area (TPSA) is 106 Å². The number of aromatic nitrogens is 2. The number of urea groups is 1. The van der Waals surface area contributed by atoms with Crippen molar-refractivity contribution in [1.29, 1.82) is 0 Å². The number of anilines is 1. The van der Waals surface area contributed by atoms with Gasteiger partial charge in [0.05, 0.1) is 17.7 Å². The van der Waals surface area contributed by atoms with Crippen molar-refractivity contribution in [3.63, 3.8) is 0 Å². The summed E-state index contributed by atoms with van der Waals surface area (Å²) < 4.78 is 21.8. The van der Waals surface area contributed by atoms with E-state index in [0.717, 1.165) is 21.6 Å². The Labute approximate surface area is 247 Å². The fourth-order valence-electron chi connectivity index (χ4n) is 5.66. The number of halogens is 2. The average molecular weight is 598 g/mol. The molecule has 0 unspecified atom stereocenters. The van der Waals surface area contributed by atoms with E-state index in [4.69, 9.17) is 16.3 Å². The van der Waals surface area contributed by atoms with E-state index in [9.17, 15) is 23.6 Å². The number of nitrogens with one attached hydrogen (secondary N) is 1. The van der Waals surface area contributed by atoms with Gasteiger partial charge >= 0.3 is 11.7 Å². The first-order valence-electron chi connectivity index (χ1n) is 14.0. The van der Waals surface area contributed by atoms with Gasteiger partial charge in [0.2, 0.25) is 5.91 Å². The van der Waals surface area contributed by atoms with Gasteiger partial charge in [0.25, 0.3) is 5.56 Å². The summed E-state index contributed by atoms with van der Waals surface area (Å²) in [5, 5.41) is 2.77. The predicted molar refractivity (Wildman–Crippen MR) is 158 cm³/mol. The molecule has 2 aliphatic rings. The molecule has 0 saturated carbocycles. The summed E-state index contributed by atoms with van der Waals surface area (Å²) in [6.45, 7) is 3.07. The van der Waals surface area contributed by atoms with Crippen LogP contribution < -0.4 is 21.3 Å². The molecular weight excluding hydrogens is 565 g/mol. The number of hydrogen-bond acceptors (Lipinski definition) is 5. The van der Waals surface area contributed by atoms with Crippen molar-refractivity contribution in [3.8, 4) is 16.9 Å². The first-order chi connectivity index (χ1) is 20.2. The Morgan fingerprint density at radius 3 is 2.57 bits per heavy atom. The SMILES string of the molecule is CCCn1c(=O)c(-c2cccc(F)c2Cl)cn(CC(=O)N2CCC(N3CCc4cc(OC)ccc4NC3=O)CC2)c1=O. The van der Waals surface area contributed by atoms with Crippen LogP contribution >= 0.6 is 11.6 Å². The highest BCUT2D eigenvalue weighted by molar-refractivity contribution is 6.33. The van der Waals surface area contributed by atoms with Crippen LogP contribution in [-0.2, 0) is 24.3 Å². The Bertz CT molecular complexity index is 1630. The minimum Gasteiger partial charge on any atom is -0.497 e. The van der Waals surface area contributed by atoms with Gasteiger partial charge in [-0.15, -0.1) is 0 Å². The van der Waals surface area contributed by atoms with Crippen LogP contribution in [0.5, 0.6) is 5.75 Å². The number of piperidine rings is 1. The van der Waals surface area contributed by atoms with Crippen molar-refractivity contribution in [2.24, 2.45) is 0 Å². The molecule has 0 bridgehead atoms. The molecule has 42 heavy (non-hydrogen) atoms. The molecule has 2 aliphatic heterocycles. The van der Waals surface area contributed by atoms with Gasteiger partial charge in [-0.3, -0.25) is 18.7 Å². The van der Waals surface area contributed by atoms with E-state index < -0.39 is 17.1 Å². The standard InChI is InChI=1S/C30H33ClFN5O5/c1-3-12-37-28(39)23(22-5-4-6-24(32)27(22)31)17-35(30(37)41)18-26(38)34-13-10-20(11-14-34)36-15-9-19-16-21(42-2)7-8-25(19)33-29(36)40/h4-8,16-17,20H,3,9-15,18H2,1-2H3,(H,33,40). The van der Waals surface area contributed by atoms with Crippen molar-refractivity contribution < 1.29 is 18.7 Å². The lowest BCUT2D eigenvalue weighted by Gasteiger charge is -2.38. The number of nitrogens with zero attached hydrogens (tertiary/aromatic N) is 4. The summed E-state index contributed by atoms with van der Waals surface area (Å²) in [6.07, 6.45) is 3.66. The third-order valence-electron chi connectivity index (χ3n) is 7.93. The van der Waals surface area contributed by atoms with E-state index in [2.05, 4.69) is 5.32 Å². The van der Waals surface area contributed by atoms with Crippen LogP contribution in [0.2, 0.25) is 5.02 Å². The number of fused-ring (bicyclic) bond motifs is 1. The summed E-state index contributed by atoms with van der Waals surface area (Å²) in [7, 11) is 1.61. The fourth-order valence-corrected chi connectivity index (χ4v) is 5.89. The Morgan fingerprint density at radius 2 is 1.86 bits per heavy atom. The largest absolute Gasteiger partial charge is 0.497 e. The lowest BCUT2D eigenvalue weighted by atomic mass is 10.0. The molecule has 5 rings (SSSR count). The highest BCUT2D eigenvalue weighted by Crippen LogP contribution is 2.29. The Morgan fingerprint density at radius 1 is 1.10 bits per heavy atom. The highest BCUT2D eigenvalue weighted by Gasteiger charge is 2.32. The Balaban J connectivity index is 1.30. The van der Waals surface area contributed by atoms with E-state index in [1.54, 1.807) is 12.0 Å². The average Bonchev–Trinajstić information content (AvgIpc) is 3.15. The van der Waals surface area contributed by atoms with Gasteiger partial charge in [-0.05, 0) is 55.5 Å². The quantitative estimate of drug-likeness (QED) is 0.444. The maximum Gasteiger partial charge on any atom is 0.331 e. The number of amides is 3. The van der Waals surface area contributed by atoms with E-state index in [1.165, 1.54) is 29.0 Å². The molecule has 10 nitrogen and oxygen atoms in total. The molecule has 3 amide bonds. The van der Waals surface area contributed by atoms with Crippen molar-refractivity contribution in [2.45, 2.75) is 51.7 Å². The van der Waals surface area contributed by atoms with Gasteiger partial charge in [0, 0.05) is 49.7 Å². The lowest BCUT2D eigenvalue weighted by Crippen LogP contribution is -2.51. The first-order valence-corrected chi connectivity index (χ1v) is 14.4. The minimum atomic E-state index is -0.686. The number of benzene rings is 2. The molecule has 0 radical (unpaired) electrons.